The lowest BCUT2D eigenvalue weighted by Crippen LogP contribution is -2.62. The lowest BCUT2D eigenvalue weighted by Gasteiger charge is -2.49. The summed E-state index contributed by atoms with van der Waals surface area (Å²) in [6.07, 6.45) is 4.02. The van der Waals surface area contributed by atoms with Crippen LogP contribution in [0.3, 0.4) is 0 Å². The number of nitrogens with zero attached hydrogens (tertiary/aromatic N) is 2. The zero-order valence-electron chi connectivity index (χ0n) is 16.7. The third kappa shape index (κ3) is 4.62. The highest BCUT2D eigenvalue weighted by Crippen LogP contribution is 2.32. The minimum Gasteiger partial charge on any atom is -0.347 e. The number of hydrogen-bond donors (Lipinski definition) is 2. The molecule has 1 aromatic carbocycles. The van der Waals surface area contributed by atoms with Crippen LogP contribution in [0.2, 0.25) is 0 Å². The largest absolute Gasteiger partial charge is 0.347 e. The minimum absolute atomic E-state index is 0.00192. The van der Waals surface area contributed by atoms with Crippen molar-refractivity contribution in [3.8, 4) is 0 Å². The van der Waals surface area contributed by atoms with Crippen molar-refractivity contribution in [2.24, 2.45) is 5.92 Å². The van der Waals surface area contributed by atoms with E-state index in [0.717, 1.165) is 28.7 Å². The Labute approximate surface area is 175 Å². The molecule has 2 amide bonds. The van der Waals surface area contributed by atoms with Crippen molar-refractivity contribution in [2.75, 3.05) is 18.4 Å². The van der Waals surface area contributed by atoms with Crippen LogP contribution in [-0.2, 0) is 4.79 Å². The summed E-state index contributed by atoms with van der Waals surface area (Å²) >= 11 is 1.49. The topological polar surface area (TPSA) is 74.3 Å². The van der Waals surface area contributed by atoms with Gasteiger partial charge in [-0.2, -0.15) is 0 Å². The zero-order chi connectivity index (χ0) is 20.4. The molecule has 0 aliphatic carbocycles. The normalized spacial score (nSPS) is 25.4. The molecule has 2 atom stereocenters. The predicted molar refractivity (Wildman–Crippen MR) is 114 cm³/mol. The molecule has 2 N–H and O–H groups in total. The summed E-state index contributed by atoms with van der Waals surface area (Å²) < 4.78 is 0. The standard InChI is InChI=1S/C22H26N4O2S/c1-14-21(16-8-11-26(14)12-9-16)25-22(28)17-3-5-19(6-4-17)29-20-13-18(7-10-23-20)24-15(2)27/h3-7,10,13-14,16,21H,8-9,11-12H2,1-2H3,(H,25,28)(H,23,24,27). The Kier molecular flexibility index (Phi) is 5.87. The van der Waals surface area contributed by atoms with Crippen LogP contribution in [0.25, 0.3) is 0 Å². The summed E-state index contributed by atoms with van der Waals surface area (Å²) in [7, 11) is 0. The first kappa shape index (κ1) is 19.9. The van der Waals surface area contributed by atoms with E-state index in [2.05, 4.69) is 27.4 Å². The number of piperidine rings is 3. The van der Waals surface area contributed by atoms with Crippen LogP contribution >= 0.6 is 11.8 Å². The number of anilines is 1. The second-order valence-corrected chi connectivity index (χ2v) is 8.90. The van der Waals surface area contributed by atoms with Gasteiger partial charge in [-0.1, -0.05) is 11.8 Å². The van der Waals surface area contributed by atoms with Gasteiger partial charge >= 0.3 is 0 Å². The Bertz CT molecular complexity index is 892. The average Bonchev–Trinajstić information content (AvgIpc) is 2.71. The third-order valence-corrected chi connectivity index (χ3v) is 6.81. The molecule has 4 heterocycles. The van der Waals surface area contributed by atoms with Gasteiger partial charge in [-0.25, -0.2) is 4.98 Å². The van der Waals surface area contributed by atoms with Crippen molar-refractivity contribution in [1.29, 1.82) is 0 Å². The van der Waals surface area contributed by atoms with E-state index in [-0.39, 0.29) is 17.9 Å². The first-order valence-corrected chi connectivity index (χ1v) is 10.9. The monoisotopic (exact) mass is 410 g/mol. The van der Waals surface area contributed by atoms with Crippen molar-refractivity contribution >= 4 is 29.3 Å². The summed E-state index contributed by atoms with van der Waals surface area (Å²) in [4.78, 5) is 31.8. The lowest BCUT2D eigenvalue weighted by atomic mass is 9.79. The predicted octanol–water partition coefficient (Wildman–Crippen LogP) is 3.40. The maximum atomic E-state index is 12.8. The molecule has 0 saturated carbocycles. The van der Waals surface area contributed by atoms with Crippen LogP contribution in [0.15, 0.2) is 52.5 Å². The van der Waals surface area contributed by atoms with Gasteiger partial charge in [0.2, 0.25) is 5.91 Å². The first-order valence-electron chi connectivity index (χ1n) is 10.1. The molecule has 0 radical (unpaired) electrons. The van der Waals surface area contributed by atoms with Crippen LogP contribution in [0.1, 0.15) is 37.0 Å². The SMILES string of the molecule is CC(=O)Nc1ccnc(Sc2ccc(C(=O)NC3C4CCN(CC4)C3C)cc2)c1. The van der Waals surface area contributed by atoms with Gasteiger partial charge in [0.05, 0.1) is 0 Å². The number of carbonyl (C=O) groups excluding carboxylic acids is 2. The fourth-order valence-corrected chi connectivity index (χ4v) is 5.13. The Morgan fingerprint density at radius 1 is 1.14 bits per heavy atom. The number of nitrogens with one attached hydrogen (secondary N) is 2. The van der Waals surface area contributed by atoms with E-state index < -0.39 is 0 Å². The first-order chi connectivity index (χ1) is 14.0. The van der Waals surface area contributed by atoms with E-state index in [1.165, 1.54) is 31.5 Å². The maximum Gasteiger partial charge on any atom is 0.251 e. The van der Waals surface area contributed by atoms with Crippen molar-refractivity contribution in [1.82, 2.24) is 15.2 Å². The molecule has 152 valence electrons. The molecule has 6 nitrogen and oxygen atoms in total. The number of benzene rings is 1. The van der Waals surface area contributed by atoms with Crippen LogP contribution < -0.4 is 10.6 Å². The molecule has 7 heteroatoms. The molecule has 3 saturated heterocycles. The van der Waals surface area contributed by atoms with Gasteiger partial charge in [0.1, 0.15) is 5.03 Å². The van der Waals surface area contributed by atoms with Crippen LogP contribution in [0, 0.1) is 5.92 Å². The molecular weight excluding hydrogens is 384 g/mol. The van der Waals surface area contributed by atoms with Crippen LogP contribution in [-0.4, -0.2) is 46.9 Å². The molecule has 3 aliphatic rings. The number of pyridine rings is 1. The van der Waals surface area contributed by atoms with Crippen molar-refractivity contribution in [3.05, 3.63) is 48.2 Å². The second-order valence-electron chi connectivity index (χ2n) is 7.80. The van der Waals surface area contributed by atoms with Gasteiger partial charge in [0, 0.05) is 41.4 Å². The van der Waals surface area contributed by atoms with Crippen molar-refractivity contribution in [3.63, 3.8) is 0 Å². The third-order valence-electron chi connectivity index (χ3n) is 5.87. The molecule has 2 aromatic rings. The second kappa shape index (κ2) is 8.55. The molecule has 5 rings (SSSR count). The van der Waals surface area contributed by atoms with E-state index in [1.807, 2.05) is 30.3 Å². The summed E-state index contributed by atoms with van der Waals surface area (Å²) in [6.45, 7) is 6.01. The summed E-state index contributed by atoms with van der Waals surface area (Å²) in [5, 5.41) is 6.82. The van der Waals surface area contributed by atoms with Gasteiger partial charge < -0.3 is 10.6 Å². The summed E-state index contributed by atoms with van der Waals surface area (Å²) in [5.74, 6) is 0.480. The highest BCUT2D eigenvalue weighted by molar-refractivity contribution is 7.99. The van der Waals surface area contributed by atoms with E-state index in [4.69, 9.17) is 0 Å². The molecule has 3 aliphatic heterocycles. The molecule has 2 bridgehead atoms. The van der Waals surface area contributed by atoms with Gasteiger partial charge in [-0.15, -0.1) is 0 Å². The zero-order valence-corrected chi connectivity index (χ0v) is 17.5. The van der Waals surface area contributed by atoms with Crippen molar-refractivity contribution in [2.45, 2.75) is 48.7 Å². The Balaban J connectivity index is 1.39. The average molecular weight is 411 g/mol. The molecule has 29 heavy (non-hydrogen) atoms. The fourth-order valence-electron chi connectivity index (χ4n) is 4.32. The number of carbonyl (C=O) groups is 2. The lowest BCUT2D eigenvalue weighted by molar-refractivity contribution is -0.114. The quantitative estimate of drug-likeness (QED) is 0.790. The van der Waals surface area contributed by atoms with Gasteiger partial charge in [0.15, 0.2) is 0 Å². The van der Waals surface area contributed by atoms with E-state index >= 15 is 0 Å². The number of aromatic nitrogens is 1. The molecule has 2 unspecified atom stereocenters. The summed E-state index contributed by atoms with van der Waals surface area (Å²) in [6, 6.07) is 11.8. The molecule has 1 aromatic heterocycles. The van der Waals surface area contributed by atoms with E-state index in [1.54, 1.807) is 12.3 Å². The van der Waals surface area contributed by atoms with Gasteiger partial charge in [-0.3, -0.25) is 14.5 Å². The van der Waals surface area contributed by atoms with Crippen LogP contribution in [0.5, 0.6) is 0 Å². The smallest absolute Gasteiger partial charge is 0.251 e. The van der Waals surface area contributed by atoms with Gasteiger partial charge in [-0.05, 0) is 75.2 Å². The summed E-state index contributed by atoms with van der Waals surface area (Å²) in [5.41, 5.74) is 1.40. The van der Waals surface area contributed by atoms with E-state index in [0.29, 0.717) is 17.5 Å². The fraction of sp³-hybridized carbons (Fsp3) is 0.409. The maximum absolute atomic E-state index is 12.8. The molecule has 0 spiro atoms. The molecular formula is C22H26N4O2S. The highest BCUT2D eigenvalue weighted by Gasteiger charge is 2.40. The molecule has 3 fully saturated rings. The number of fused-ring (bicyclic) bond motifs is 3. The Morgan fingerprint density at radius 2 is 1.86 bits per heavy atom. The van der Waals surface area contributed by atoms with Crippen molar-refractivity contribution < 1.29 is 9.59 Å². The van der Waals surface area contributed by atoms with E-state index in [9.17, 15) is 9.59 Å². The number of amides is 2. The highest BCUT2D eigenvalue weighted by atomic mass is 32.2. The van der Waals surface area contributed by atoms with Gasteiger partial charge in [0.25, 0.3) is 5.91 Å². The minimum atomic E-state index is -0.111. The Morgan fingerprint density at radius 3 is 2.52 bits per heavy atom. The number of hydrogen-bond acceptors (Lipinski definition) is 5. The van der Waals surface area contributed by atoms with Crippen LogP contribution in [0.4, 0.5) is 5.69 Å². The number of rotatable bonds is 5. The Hall–Kier alpha value is -2.38.